The van der Waals surface area contributed by atoms with Gasteiger partial charge in [0, 0.05) is 11.1 Å². The molecule has 20 heavy (non-hydrogen) atoms. The number of carbonyl (C=O) groups is 1. The number of aryl methyl sites for hydroxylation is 1. The first-order valence-corrected chi connectivity index (χ1v) is 7.11. The van der Waals surface area contributed by atoms with Gasteiger partial charge in [-0.1, -0.05) is 12.1 Å². The van der Waals surface area contributed by atoms with Gasteiger partial charge in [-0.05, 0) is 19.1 Å². The molecule has 1 unspecified atom stereocenters. The van der Waals surface area contributed by atoms with E-state index in [1.165, 1.54) is 0 Å². The SMILES string of the molecule is Cc1ncc(CNC(=O)C2COc3ccccc3O2)s1. The third-order valence-corrected chi connectivity index (χ3v) is 3.82. The summed E-state index contributed by atoms with van der Waals surface area (Å²) in [5.41, 5.74) is 0. The predicted molar refractivity (Wildman–Crippen MR) is 75.1 cm³/mol. The Morgan fingerprint density at radius 1 is 1.45 bits per heavy atom. The first-order valence-electron chi connectivity index (χ1n) is 6.30. The maximum absolute atomic E-state index is 12.1. The Hall–Kier alpha value is -2.08. The normalized spacial score (nSPS) is 16.8. The quantitative estimate of drug-likeness (QED) is 0.938. The zero-order valence-corrected chi connectivity index (χ0v) is 11.8. The van der Waals surface area contributed by atoms with E-state index in [0.717, 1.165) is 9.88 Å². The molecule has 104 valence electrons. The van der Waals surface area contributed by atoms with E-state index >= 15 is 0 Å². The van der Waals surface area contributed by atoms with Crippen LogP contribution in [-0.4, -0.2) is 23.6 Å². The van der Waals surface area contributed by atoms with Gasteiger partial charge in [0.2, 0.25) is 6.10 Å². The number of nitrogens with zero attached hydrogens (tertiary/aromatic N) is 1. The van der Waals surface area contributed by atoms with E-state index < -0.39 is 6.10 Å². The first-order chi connectivity index (χ1) is 9.72. The number of fused-ring (bicyclic) bond motifs is 1. The number of carbonyl (C=O) groups excluding carboxylic acids is 1. The van der Waals surface area contributed by atoms with Crippen LogP contribution in [0.25, 0.3) is 0 Å². The van der Waals surface area contributed by atoms with Crippen molar-refractivity contribution in [1.29, 1.82) is 0 Å². The van der Waals surface area contributed by atoms with E-state index in [4.69, 9.17) is 9.47 Å². The molecule has 0 radical (unpaired) electrons. The summed E-state index contributed by atoms with van der Waals surface area (Å²) in [6.45, 7) is 2.63. The molecular weight excluding hydrogens is 276 g/mol. The summed E-state index contributed by atoms with van der Waals surface area (Å²) in [5, 5.41) is 3.83. The Labute approximate surface area is 120 Å². The van der Waals surface area contributed by atoms with Gasteiger partial charge in [0.05, 0.1) is 11.6 Å². The smallest absolute Gasteiger partial charge is 0.264 e. The summed E-state index contributed by atoms with van der Waals surface area (Å²) in [6.07, 6.45) is 1.16. The number of rotatable bonds is 3. The van der Waals surface area contributed by atoms with Crippen molar-refractivity contribution < 1.29 is 14.3 Å². The number of hydrogen-bond acceptors (Lipinski definition) is 5. The molecule has 0 saturated carbocycles. The Bertz CT molecular complexity index is 626. The Morgan fingerprint density at radius 2 is 2.25 bits per heavy atom. The van der Waals surface area contributed by atoms with Crippen molar-refractivity contribution in [2.45, 2.75) is 19.6 Å². The Kier molecular flexibility index (Phi) is 3.56. The zero-order chi connectivity index (χ0) is 13.9. The third kappa shape index (κ3) is 2.75. The average Bonchev–Trinajstić information content (AvgIpc) is 2.90. The van der Waals surface area contributed by atoms with Crippen LogP contribution in [0.3, 0.4) is 0 Å². The van der Waals surface area contributed by atoms with Crippen LogP contribution >= 0.6 is 11.3 Å². The van der Waals surface area contributed by atoms with Crippen LogP contribution in [0.4, 0.5) is 0 Å². The average molecular weight is 290 g/mol. The lowest BCUT2D eigenvalue weighted by Gasteiger charge is -2.25. The first kappa shape index (κ1) is 12.9. The molecule has 6 heteroatoms. The highest BCUT2D eigenvalue weighted by molar-refractivity contribution is 7.11. The fourth-order valence-corrected chi connectivity index (χ4v) is 2.66. The molecule has 0 fully saturated rings. The maximum atomic E-state index is 12.1. The second-order valence-corrected chi connectivity index (χ2v) is 5.75. The number of hydrogen-bond donors (Lipinski definition) is 1. The van der Waals surface area contributed by atoms with Gasteiger partial charge in [0.25, 0.3) is 5.91 Å². The highest BCUT2D eigenvalue weighted by Crippen LogP contribution is 2.30. The minimum absolute atomic E-state index is 0.175. The van der Waals surface area contributed by atoms with Gasteiger partial charge in [-0.3, -0.25) is 4.79 Å². The van der Waals surface area contributed by atoms with E-state index in [-0.39, 0.29) is 12.5 Å². The zero-order valence-electron chi connectivity index (χ0n) is 11.0. The molecule has 2 heterocycles. The van der Waals surface area contributed by atoms with Crippen molar-refractivity contribution in [3.63, 3.8) is 0 Å². The Balaban J connectivity index is 1.59. The molecule has 0 saturated heterocycles. The summed E-state index contributed by atoms with van der Waals surface area (Å²) in [5.74, 6) is 1.10. The maximum Gasteiger partial charge on any atom is 0.264 e. The second kappa shape index (κ2) is 5.50. The van der Waals surface area contributed by atoms with E-state index in [1.54, 1.807) is 23.6 Å². The second-order valence-electron chi connectivity index (χ2n) is 4.43. The highest BCUT2D eigenvalue weighted by Gasteiger charge is 2.26. The van der Waals surface area contributed by atoms with Crippen LogP contribution in [0.2, 0.25) is 0 Å². The van der Waals surface area contributed by atoms with Gasteiger partial charge in [-0.25, -0.2) is 4.98 Å². The highest BCUT2D eigenvalue weighted by atomic mass is 32.1. The number of nitrogens with one attached hydrogen (secondary N) is 1. The predicted octanol–water partition coefficient (Wildman–Crippen LogP) is 1.91. The monoisotopic (exact) mass is 290 g/mol. The van der Waals surface area contributed by atoms with Crippen molar-refractivity contribution in [3.05, 3.63) is 40.3 Å². The molecule has 1 atom stereocenters. The molecule has 2 aromatic rings. The molecule has 1 aromatic heterocycles. The molecule has 1 amide bonds. The largest absolute Gasteiger partial charge is 0.485 e. The van der Waals surface area contributed by atoms with E-state index in [9.17, 15) is 4.79 Å². The molecule has 1 N–H and O–H groups in total. The lowest BCUT2D eigenvalue weighted by Crippen LogP contribution is -2.43. The third-order valence-electron chi connectivity index (χ3n) is 2.91. The molecular formula is C14H14N2O3S. The number of ether oxygens (including phenoxy) is 2. The van der Waals surface area contributed by atoms with Gasteiger partial charge in [-0.15, -0.1) is 11.3 Å². The number of thiazole rings is 1. The number of para-hydroxylation sites is 2. The summed E-state index contributed by atoms with van der Waals surface area (Å²) in [7, 11) is 0. The fraction of sp³-hybridized carbons (Fsp3) is 0.286. The lowest BCUT2D eigenvalue weighted by molar-refractivity contribution is -0.130. The lowest BCUT2D eigenvalue weighted by atomic mass is 10.2. The van der Waals surface area contributed by atoms with Gasteiger partial charge in [0.1, 0.15) is 6.61 Å². The summed E-state index contributed by atoms with van der Waals surface area (Å²) < 4.78 is 11.2. The number of amides is 1. The summed E-state index contributed by atoms with van der Waals surface area (Å²) >= 11 is 1.57. The fourth-order valence-electron chi connectivity index (χ4n) is 1.92. The van der Waals surface area contributed by atoms with Crippen LogP contribution in [0, 0.1) is 6.92 Å². The van der Waals surface area contributed by atoms with Crippen molar-refractivity contribution in [1.82, 2.24) is 10.3 Å². The molecule has 3 rings (SSSR count). The van der Waals surface area contributed by atoms with Crippen LogP contribution in [-0.2, 0) is 11.3 Å². The molecule has 5 nitrogen and oxygen atoms in total. The molecule has 0 spiro atoms. The number of aromatic nitrogens is 1. The van der Waals surface area contributed by atoms with Crippen LogP contribution in [0.5, 0.6) is 11.5 Å². The standard InChI is InChI=1S/C14H14N2O3S/c1-9-15-6-10(20-9)7-16-14(17)13-8-18-11-4-2-3-5-12(11)19-13/h2-6,13H,7-8H2,1H3,(H,16,17). The molecule has 1 aliphatic rings. The van der Waals surface area contributed by atoms with E-state index in [2.05, 4.69) is 10.3 Å². The van der Waals surface area contributed by atoms with Crippen LogP contribution in [0.15, 0.2) is 30.5 Å². The van der Waals surface area contributed by atoms with Crippen molar-refractivity contribution in [2.24, 2.45) is 0 Å². The topological polar surface area (TPSA) is 60.5 Å². The van der Waals surface area contributed by atoms with Crippen LogP contribution < -0.4 is 14.8 Å². The molecule has 0 aliphatic carbocycles. The number of benzene rings is 1. The van der Waals surface area contributed by atoms with Gasteiger partial charge < -0.3 is 14.8 Å². The van der Waals surface area contributed by atoms with Gasteiger partial charge >= 0.3 is 0 Å². The van der Waals surface area contributed by atoms with Crippen molar-refractivity contribution in [3.8, 4) is 11.5 Å². The minimum atomic E-state index is -0.612. The van der Waals surface area contributed by atoms with Crippen molar-refractivity contribution >= 4 is 17.2 Å². The molecule has 0 bridgehead atoms. The minimum Gasteiger partial charge on any atom is -0.485 e. The Morgan fingerprint density at radius 3 is 3.00 bits per heavy atom. The van der Waals surface area contributed by atoms with Gasteiger partial charge in [-0.2, -0.15) is 0 Å². The van der Waals surface area contributed by atoms with Gasteiger partial charge in [0.15, 0.2) is 11.5 Å². The van der Waals surface area contributed by atoms with E-state index in [0.29, 0.717) is 18.0 Å². The molecule has 1 aromatic carbocycles. The summed E-state index contributed by atoms with van der Waals surface area (Å²) in [6, 6.07) is 7.34. The molecule has 1 aliphatic heterocycles. The van der Waals surface area contributed by atoms with Crippen molar-refractivity contribution in [2.75, 3.05) is 6.61 Å². The van der Waals surface area contributed by atoms with Crippen LogP contribution in [0.1, 0.15) is 9.88 Å². The van der Waals surface area contributed by atoms with E-state index in [1.807, 2.05) is 25.1 Å². The summed E-state index contributed by atoms with van der Waals surface area (Å²) in [4.78, 5) is 17.2.